The maximum absolute atomic E-state index is 12.5. The van der Waals surface area contributed by atoms with E-state index in [-0.39, 0.29) is 17.3 Å². The van der Waals surface area contributed by atoms with Crippen LogP contribution in [0.2, 0.25) is 0 Å². The van der Waals surface area contributed by atoms with Crippen molar-refractivity contribution in [2.45, 2.75) is 43.2 Å². The number of nitrogens with two attached hydrogens (primary N) is 1. The molecule has 0 bridgehead atoms. The number of rotatable bonds is 7. The van der Waals surface area contributed by atoms with E-state index in [9.17, 15) is 13.2 Å². The van der Waals surface area contributed by atoms with Crippen LogP contribution in [0.15, 0.2) is 52.0 Å². The first kappa shape index (κ1) is 18.6. The van der Waals surface area contributed by atoms with Gasteiger partial charge in [0.1, 0.15) is 5.76 Å². The number of carbonyl (C=O) groups is 1. The van der Waals surface area contributed by atoms with Crippen LogP contribution in [0.1, 0.15) is 31.4 Å². The van der Waals surface area contributed by atoms with Crippen LogP contribution in [0.25, 0.3) is 0 Å². The lowest BCUT2D eigenvalue weighted by Gasteiger charge is -2.27. The number of primary sulfonamides is 1. The normalized spacial score (nSPS) is 15.5. The number of hydrogen-bond acceptors (Lipinski definition) is 5. The lowest BCUT2D eigenvalue weighted by molar-refractivity contribution is -0.118. The molecule has 2 aromatic rings. The maximum atomic E-state index is 12.5. The van der Waals surface area contributed by atoms with Crippen molar-refractivity contribution in [1.29, 1.82) is 0 Å². The predicted octanol–water partition coefficient (Wildman–Crippen LogP) is 2.31. The van der Waals surface area contributed by atoms with E-state index >= 15 is 0 Å². The van der Waals surface area contributed by atoms with Crippen molar-refractivity contribution in [3.05, 3.63) is 48.4 Å². The quantitative estimate of drug-likeness (QED) is 0.770. The molecule has 0 radical (unpaired) electrons. The molecular weight excluding hydrogens is 354 g/mol. The molecule has 3 N–H and O–H groups in total. The Hall–Kier alpha value is -2.16. The largest absolute Gasteiger partial charge is 0.468 e. The second-order valence-electron chi connectivity index (χ2n) is 6.54. The minimum Gasteiger partial charge on any atom is -0.468 e. The van der Waals surface area contributed by atoms with E-state index in [1.165, 1.54) is 12.1 Å². The van der Waals surface area contributed by atoms with E-state index in [0.29, 0.717) is 18.3 Å². The average Bonchev–Trinajstić information content (AvgIpc) is 3.27. The highest BCUT2D eigenvalue weighted by molar-refractivity contribution is 7.89. The highest BCUT2D eigenvalue weighted by atomic mass is 32.2. The van der Waals surface area contributed by atoms with Crippen LogP contribution in [0.5, 0.6) is 0 Å². The van der Waals surface area contributed by atoms with Gasteiger partial charge >= 0.3 is 0 Å². The summed E-state index contributed by atoms with van der Waals surface area (Å²) in [6.07, 6.45) is 6.08. The van der Waals surface area contributed by atoms with Crippen molar-refractivity contribution in [1.82, 2.24) is 4.90 Å². The standard InChI is InChI=1S/C18H23N3O4S/c19-26(23,24)17-9-3-5-14(11-17)20-18(22)13-21(15-6-1-2-7-15)12-16-8-4-10-25-16/h3-5,8-11,15H,1-2,6-7,12-13H2,(H,20,22)(H2,19,23,24). The molecule has 1 aliphatic carbocycles. The smallest absolute Gasteiger partial charge is 0.238 e. The van der Waals surface area contributed by atoms with Crippen LogP contribution in [0.4, 0.5) is 5.69 Å². The Morgan fingerprint density at radius 2 is 2.00 bits per heavy atom. The molecule has 1 saturated carbocycles. The van der Waals surface area contributed by atoms with Crippen molar-refractivity contribution in [3.8, 4) is 0 Å². The van der Waals surface area contributed by atoms with Gasteiger partial charge in [-0.3, -0.25) is 9.69 Å². The van der Waals surface area contributed by atoms with Gasteiger partial charge in [-0.2, -0.15) is 0 Å². The molecular formula is C18H23N3O4S. The Morgan fingerprint density at radius 1 is 1.23 bits per heavy atom. The van der Waals surface area contributed by atoms with Crippen LogP contribution in [-0.4, -0.2) is 31.8 Å². The molecule has 0 unspecified atom stereocenters. The molecule has 1 heterocycles. The summed E-state index contributed by atoms with van der Waals surface area (Å²) in [4.78, 5) is 14.6. The number of benzene rings is 1. The number of nitrogens with zero attached hydrogens (tertiary/aromatic N) is 1. The lowest BCUT2D eigenvalue weighted by atomic mass is 10.2. The Morgan fingerprint density at radius 3 is 2.65 bits per heavy atom. The van der Waals surface area contributed by atoms with Crippen LogP contribution in [-0.2, 0) is 21.4 Å². The number of amides is 1. The highest BCUT2D eigenvalue weighted by Gasteiger charge is 2.25. The number of sulfonamides is 1. The molecule has 0 spiro atoms. The van der Waals surface area contributed by atoms with Gasteiger partial charge in [0.2, 0.25) is 15.9 Å². The van der Waals surface area contributed by atoms with Crippen LogP contribution >= 0.6 is 0 Å². The van der Waals surface area contributed by atoms with Gasteiger partial charge in [-0.25, -0.2) is 13.6 Å². The Balaban J connectivity index is 1.67. The first-order chi connectivity index (χ1) is 12.4. The number of anilines is 1. The molecule has 26 heavy (non-hydrogen) atoms. The molecule has 140 valence electrons. The van der Waals surface area contributed by atoms with Gasteiger partial charge in [0.15, 0.2) is 0 Å². The average molecular weight is 377 g/mol. The van der Waals surface area contributed by atoms with Gasteiger partial charge in [0.25, 0.3) is 0 Å². The van der Waals surface area contributed by atoms with Crippen molar-refractivity contribution >= 4 is 21.6 Å². The van der Waals surface area contributed by atoms with Crippen LogP contribution in [0, 0.1) is 0 Å². The van der Waals surface area contributed by atoms with Crippen LogP contribution < -0.4 is 10.5 Å². The molecule has 1 aliphatic rings. The summed E-state index contributed by atoms with van der Waals surface area (Å²) in [5, 5.41) is 7.89. The minimum absolute atomic E-state index is 0.0291. The fourth-order valence-electron chi connectivity index (χ4n) is 3.32. The first-order valence-corrected chi connectivity index (χ1v) is 10.2. The number of furan rings is 1. The van der Waals surface area contributed by atoms with Crippen molar-refractivity contribution in [2.24, 2.45) is 5.14 Å². The van der Waals surface area contributed by atoms with E-state index in [2.05, 4.69) is 10.2 Å². The zero-order chi connectivity index (χ0) is 18.6. The summed E-state index contributed by atoms with van der Waals surface area (Å²) >= 11 is 0. The molecule has 1 aromatic carbocycles. The second-order valence-corrected chi connectivity index (χ2v) is 8.11. The Bertz CT molecular complexity index is 843. The maximum Gasteiger partial charge on any atom is 0.238 e. The predicted molar refractivity (Wildman–Crippen MR) is 97.8 cm³/mol. The van der Waals surface area contributed by atoms with Gasteiger partial charge in [-0.1, -0.05) is 18.9 Å². The van der Waals surface area contributed by atoms with E-state index in [1.807, 2.05) is 12.1 Å². The van der Waals surface area contributed by atoms with E-state index < -0.39 is 10.0 Å². The fraction of sp³-hybridized carbons (Fsp3) is 0.389. The van der Waals surface area contributed by atoms with Gasteiger partial charge < -0.3 is 9.73 Å². The van der Waals surface area contributed by atoms with E-state index in [0.717, 1.165) is 31.4 Å². The van der Waals surface area contributed by atoms with Crippen molar-refractivity contribution < 1.29 is 17.6 Å². The van der Waals surface area contributed by atoms with Gasteiger partial charge in [0.05, 0.1) is 24.2 Å². The molecule has 1 fully saturated rings. The highest BCUT2D eigenvalue weighted by Crippen LogP contribution is 2.25. The fourth-order valence-corrected chi connectivity index (χ4v) is 3.88. The Kier molecular flexibility index (Phi) is 5.75. The number of nitrogens with one attached hydrogen (secondary N) is 1. The van der Waals surface area contributed by atoms with Gasteiger partial charge in [0, 0.05) is 11.7 Å². The van der Waals surface area contributed by atoms with Crippen molar-refractivity contribution in [2.75, 3.05) is 11.9 Å². The Labute approximate surface area is 153 Å². The summed E-state index contributed by atoms with van der Waals surface area (Å²) in [7, 11) is -3.81. The third kappa shape index (κ3) is 4.94. The monoisotopic (exact) mass is 377 g/mol. The molecule has 0 saturated heterocycles. The topological polar surface area (TPSA) is 106 Å². The third-order valence-corrected chi connectivity index (χ3v) is 5.48. The molecule has 7 nitrogen and oxygen atoms in total. The zero-order valence-electron chi connectivity index (χ0n) is 14.4. The first-order valence-electron chi connectivity index (χ1n) is 8.61. The molecule has 0 atom stereocenters. The molecule has 0 aliphatic heterocycles. The summed E-state index contributed by atoms with van der Waals surface area (Å²) in [6, 6.07) is 10.0. The molecule has 3 rings (SSSR count). The summed E-state index contributed by atoms with van der Waals surface area (Å²) < 4.78 is 28.3. The SMILES string of the molecule is NS(=O)(=O)c1cccc(NC(=O)CN(Cc2ccco2)C2CCCC2)c1. The lowest BCUT2D eigenvalue weighted by Crippen LogP contribution is -2.39. The molecule has 1 amide bonds. The van der Waals surface area contributed by atoms with E-state index in [1.54, 1.807) is 18.4 Å². The number of hydrogen-bond donors (Lipinski definition) is 2. The summed E-state index contributed by atoms with van der Waals surface area (Å²) in [6.45, 7) is 0.785. The second kappa shape index (κ2) is 8.03. The molecule has 8 heteroatoms. The van der Waals surface area contributed by atoms with Gasteiger partial charge in [-0.15, -0.1) is 0 Å². The van der Waals surface area contributed by atoms with E-state index in [4.69, 9.17) is 9.56 Å². The molecule has 1 aromatic heterocycles. The number of carbonyl (C=O) groups excluding carboxylic acids is 1. The summed E-state index contributed by atoms with van der Waals surface area (Å²) in [5.74, 6) is 0.621. The van der Waals surface area contributed by atoms with Crippen molar-refractivity contribution in [3.63, 3.8) is 0 Å². The minimum atomic E-state index is -3.81. The van der Waals surface area contributed by atoms with Gasteiger partial charge in [-0.05, 0) is 43.2 Å². The van der Waals surface area contributed by atoms with Crippen LogP contribution in [0.3, 0.4) is 0 Å². The zero-order valence-corrected chi connectivity index (χ0v) is 15.2. The summed E-state index contributed by atoms with van der Waals surface area (Å²) in [5.41, 5.74) is 0.408. The third-order valence-electron chi connectivity index (χ3n) is 4.57.